The Bertz CT molecular complexity index is 1420. The maximum atomic E-state index is 14.6. The molecule has 0 saturated heterocycles. The van der Waals surface area contributed by atoms with Crippen LogP contribution in [0.15, 0.2) is 48.7 Å². The number of nitrogens with two attached hydrogens (primary N) is 1. The first-order chi connectivity index (χ1) is 16.5. The molecule has 2 amide bonds. The molecule has 0 atom stereocenters. The van der Waals surface area contributed by atoms with Gasteiger partial charge in [-0.15, -0.1) is 11.3 Å². The summed E-state index contributed by atoms with van der Waals surface area (Å²) in [6, 6.07) is 7.55. The van der Waals surface area contributed by atoms with Gasteiger partial charge in [0.1, 0.15) is 23.1 Å². The monoisotopic (exact) mass is 498 g/mol. The molecule has 0 aliphatic heterocycles. The molecule has 0 fully saturated rings. The van der Waals surface area contributed by atoms with Gasteiger partial charge in [-0.05, 0) is 35.9 Å². The zero-order valence-electron chi connectivity index (χ0n) is 19.0. The highest BCUT2D eigenvalue weighted by Crippen LogP contribution is 2.41. The third kappa shape index (κ3) is 5.40. The molecule has 0 unspecified atom stereocenters. The van der Waals surface area contributed by atoms with Crippen LogP contribution in [0.1, 0.15) is 25.8 Å². The first-order valence-corrected chi connectivity index (χ1v) is 11.3. The molecule has 0 saturated carbocycles. The number of nitrogens with zero attached hydrogens (tertiary/aromatic N) is 3. The number of carbonyl (C=O) groups is 1. The van der Waals surface area contributed by atoms with Gasteiger partial charge in [0.15, 0.2) is 0 Å². The van der Waals surface area contributed by atoms with Gasteiger partial charge in [0, 0.05) is 17.7 Å². The molecule has 2 aromatic carbocycles. The zero-order valence-corrected chi connectivity index (χ0v) is 19.8. The van der Waals surface area contributed by atoms with Gasteiger partial charge in [-0.3, -0.25) is 0 Å². The van der Waals surface area contributed by atoms with E-state index in [4.69, 9.17) is 10.7 Å². The molecular weight excluding hydrogens is 477 g/mol. The second kappa shape index (κ2) is 9.34. The first kappa shape index (κ1) is 24.1. The molecule has 0 spiro atoms. The third-order valence-electron chi connectivity index (χ3n) is 4.84. The third-order valence-corrected chi connectivity index (χ3v) is 6.37. The molecule has 0 aliphatic rings. The van der Waals surface area contributed by atoms with E-state index in [9.17, 15) is 18.0 Å². The molecule has 4 rings (SSSR count). The number of nitrogens with one attached hydrogen (secondary N) is 2. The maximum Gasteiger partial charge on any atom is 0.323 e. The topological polar surface area (TPSA) is 106 Å². The average Bonchev–Trinajstić information content (AvgIpc) is 3.24. The Hall–Kier alpha value is -3.99. The van der Waals surface area contributed by atoms with Crippen molar-refractivity contribution in [2.75, 3.05) is 16.4 Å². The van der Waals surface area contributed by atoms with Gasteiger partial charge in [0.25, 0.3) is 0 Å². The van der Waals surface area contributed by atoms with Gasteiger partial charge in [-0.1, -0.05) is 26.8 Å². The molecule has 180 valence electrons. The molecule has 4 N–H and O–H groups in total. The van der Waals surface area contributed by atoms with Crippen molar-refractivity contribution in [2.45, 2.75) is 26.2 Å². The van der Waals surface area contributed by atoms with Crippen molar-refractivity contribution in [3.05, 3.63) is 71.1 Å². The summed E-state index contributed by atoms with van der Waals surface area (Å²) >= 11 is 1.41. The summed E-state index contributed by atoms with van der Waals surface area (Å²) in [6.07, 6.45) is 1.52. The summed E-state index contributed by atoms with van der Waals surface area (Å²) in [5.41, 5.74) is 6.56. The lowest BCUT2D eigenvalue weighted by molar-refractivity contribution is 0.262. The number of hydrogen-bond donors (Lipinski definition) is 3. The van der Waals surface area contributed by atoms with Crippen molar-refractivity contribution in [2.24, 2.45) is 0 Å². The van der Waals surface area contributed by atoms with E-state index in [0.717, 1.165) is 23.2 Å². The summed E-state index contributed by atoms with van der Waals surface area (Å²) in [4.78, 5) is 26.0. The Balaban J connectivity index is 1.70. The van der Waals surface area contributed by atoms with Gasteiger partial charge in [0.05, 0.1) is 27.0 Å². The number of nitrogen functional groups attached to an aromatic ring is 1. The number of amides is 2. The molecule has 4 aromatic rings. The van der Waals surface area contributed by atoms with Crippen LogP contribution in [0.25, 0.3) is 21.8 Å². The fraction of sp³-hybridized carbons (Fsp3) is 0.167. The zero-order chi connectivity index (χ0) is 25.3. The van der Waals surface area contributed by atoms with E-state index in [-0.39, 0.29) is 22.7 Å². The van der Waals surface area contributed by atoms with E-state index in [1.165, 1.54) is 29.7 Å². The van der Waals surface area contributed by atoms with Crippen LogP contribution in [-0.4, -0.2) is 21.0 Å². The molecule has 11 heteroatoms. The highest BCUT2D eigenvalue weighted by Gasteiger charge is 2.24. The van der Waals surface area contributed by atoms with E-state index in [1.54, 1.807) is 12.1 Å². The van der Waals surface area contributed by atoms with E-state index >= 15 is 0 Å². The van der Waals surface area contributed by atoms with Gasteiger partial charge >= 0.3 is 6.03 Å². The number of benzene rings is 2. The lowest BCUT2D eigenvalue weighted by Gasteiger charge is -2.13. The first-order valence-electron chi connectivity index (χ1n) is 10.4. The van der Waals surface area contributed by atoms with E-state index < -0.39 is 23.5 Å². The van der Waals surface area contributed by atoms with Crippen LogP contribution in [0, 0.1) is 17.5 Å². The Morgan fingerprint density at radius 2 is 1.60 bits per heavy atom. The van der Waals surface area contributed by atoms with Crippen LogP contribution in [-0.2, 0) is 5.41 Å². The molecule has 2 heterocycles. The van der Waals surface area contributed by atoms with Gasteiger partial charge in [-0.25, -0.2) is 32.9 Å². The van der Waals surface area contributed by atoms with Crippen molar-refractivity contribution in [1.29, 1.82) is 0 Å². The Morgan fingerprint density at radius 3 is 2.26 bits per heavy atom. The lowest BCUT2D eigenvalue weighted by Crippen LogP contribution is -2.21. The number of rotatable bonds is 4. The highest BCUT2D eigenvalue weighted by atomic mass is 32.1. The standard InChI is InChI=1S/C24H21F3N6OS/c1-24(2,3)21-33-19(16-8-9-29-22(28)30-16)20(35-21)12-4-6-14(26)17(10-12)31-23(34)32-18-11-13(25)5-7-15(18)27/h4-11H,1-3H3,(H2,28,29,30)(H2,31,32,34). The Morgan fingerprint density at radius 1 is 0.943 bits per heavy atom. The van der Waals surface area contributed by atoms with E-state index in [1.807, 2.05) is 20.8 Å². The number of anilines is 3. The second-order valence-electron chi connectivity index (χ2n) is 8.64. The molecular formula is C24H21F3N6OS. The van der Waals surface area contributed by atoms with Crippen LogP contribution in [0.5, 0.6) is 0 Å². The highest BCUT2D eigenvalue weighted by molar-refractivity contribution is 7.15. The number of aromatic nitrogens is 3. The SMILES string of the molecule is CC(C)(C)c1nc(-c2ccnc(N)n2)c(-c2ccc(F)c(NC(=O)Nc3cc(F)ccc3F)c2)s1. The van der Waals surface area contributed by atoms with Gasteiger partial charge in [0.2, 0.25) is 5.95 Å². The molecule has 0 aliphatic carbocycles. The van der Waals surface area contributed by atoms with Crippen LogP contribution < -0.4 is 16.4 Å². The number of thiazole rings is 1. The molecule has 2 aromatic heterocycles. The summed E-state index contributed by atoms with van der Waals surface area (Å²) in [5.74, 6) is -2.19. The van der Waals surface area contributed by atoms with Crippen LogP contribution in [0.3, 0.4) is 0 Å². The van der Waals surface area contributed by atoms with Crippen molar-refractivity contribution in [3.63, 3.8) is 0 Å². The van der Waals surface area contributed by atoms with Crippen molar-refractivity contribution in [1.82, 2.24) is 15.0 Å². The lowest BCUT2D eigenvalue weighted by atomic mass is 9.98. The largest absolute Gasteiger partial charge is 0.368 e. The van der Waals surface area contributed by atoms with E-state index in [0.29, 0.717) is 21.8 Å². The summed E-state index contributed by atoms with van der Waals surface area (Å²) in [6.45, 7) is 6.05. The number of carbonyl (C=O) groups excluding carboxylic acids is 1. The van der Waals surface area contributed by atoms with Gasteiger partial charge in [-0.2, -0.15) is 0 Å². The van der Waals surface area contributed by atoms with E-state index in [2.05, 4.69) is 20.6 Å². The minimum Gasteiger partial charge on any atom is -0.368 e. The Labute approximate surface area is 203 Å². The Kier molecular flexibility index (Phi) is 6.44. The van der Waals surface area contributed by atoms with Crippen LogP contribution in [0.2, 0.25) is 0 Å². The van der Waals surface area contributed by atoms with Crippen molar-refractivity contribution >= 4 is 34.7 Å². The fourth-order valence-electron chi connectivity index (χ4n) is 3.15. The molecule has 35 heavy (non-hydrogen) atoms. The minimum atomic E-state index is -0.936. The predicted octanol–water partition coefficient (Wildman–Crippen LogP) is 6.21. The molecule has 7 nitrogen and oxygen atoms in total. The maximum absolute atomic E-state index is 14.6. The predicted molar refractivity (Wildman–Crippen MR) is 131 cm³/mol. The summed E-state index contributed by atoms with van der Waals surface area (Å²) < 4.78 is 41.8. The minimum absolute atomic E-state index is 0.0847. The van der Waals surface area contributed by atoms with Gasteiger partial charge < -0.3 is 16.4 Å². The van der Waals surface area contributed by atoms with Crippen LogP contribution >= 0.6 is 11.3 Å². The molecule has 0 bridgehead atoms. The summed E-state index contributed by atoms with van der Waals surface area (Å²) in [7, 11) is 0. The number of urea groups is 1. The normalized spacial score (nSPS) is 11.4. The van der Waals surface area contributed by atoms with Crippen molar-refractivity contribution in [3.8, 4) is 21.8 Å². The number of hydrogen-bond acceptors (Lipinski definition) is 6. The summed E-state index contributed by atoms with van der Waals surface area (Å²) in [5, 5.41) is 5.34. The smallest absolute Gasteiger partial charge is 0.323 e. The quantitative estimate of drug-likeness (QED) is 0.310. The van der Waals surface area contributed by atoms with Crippen LogP contribution in [0.4, 0.5) is 35.3 Å². The second-order valence-corrected chi connectivity index (χ2v) is 9.64. The van der Waals surface area contributed by atoms with Crippen molar-refractivity contribution < 1.29 is 18.0 Å². The fourth-order valence-corrected chi connectivity index (χ4v) is 4.28. The molecule has 0 radical (unpaired) electrons. The number of halogens is 3. The average molecular weight is 499 g/mol.